The summed E-state index contributed by atoms with van der Waals surface area (Å²) >= 11 is 7.59. The Hall–Kier alpha value is -1.06. The van der Waals surface area contributed by atoms with Crippen LogP contribution in [0.3, 0.4) is 0 Å². The van der Waals surface area contributed by atoms with Crippen molar-refractivity contribution in [2.24, 2.45) is 5.92 Å². The van der Waals surface area contributed by atoms with Gasteiger partial charge in [0.15, 0.2) is 0 Å². The van der Waals surface area contributed by atoms with Crippen LogP contribution in [0.5, 0.6) is 0 Å². The van der Waals surface area contributed by atoms with Crippen LogP contribution in [0.4, 0.5) is 0 Å². The van der Waals surface area contributed by atoms with Crippen molar-refractivity contribution in [3.63, 3.8) is 0 Å². The van der Waals surface area contributed by atoms with Gasteiger partial charge in [0.2, 0.25) is 0 Å². The Bertz CT molecular complexity index is 576. The zero-order valence-electron chi connectivity index (χ0n) is 10.8. The molecule has 1 aromatic carbocycles. The maximum atomic E-state index is 12.6. The highest BCUT2D eigenvalue weighted by Crippen LogP contribution is 2.31. The number of amides is 1. The summed E-state index contributed by atoms with van der Waals surface area (Å²) in [5.41, 5.74) is 0. The van der Waals surface area contributed by atoms with Gasteiger partial charge in [0.05, 0.1) is 4.88 Å². The van der Waals surface area contributed by atoms with E-state index in [0.717, 1.165) is 23.2 Å². The molecule has 0 N–H and O–H groups in total. The molecule has 1 saturated heterocycles. The van der Waals surface area contributed by atoms with E-state index in [1.807, 2.05) is 29.2 Å². The molecule has 0 bridgehead atoms. The number of hydrogen-bond donors (Lipinski definition) is 0. The average molecular weight is 294 g/mol. The van der Waals surface area contributed by atoms with Crippen molar-refractivity contribution in [3.8, 4) is 0 Å². The summed E-state index contributed by atoms with van der Waals surface area (Å²) in [7, 11) is 0. The van der Waals surface area contributed by atoms with Crippen LogP contribution < -0.4 is 0 Å². The first kappa shape index (κ1) is 12.9. The highest BCUT2D eigenvalue weighted by Gasteiger charge is 2.34. The maximum absolute atomic E-state index is 12.6. The third-order valence-corrected chi connectivity index (χ3v) is 5.36. The van der Waals surface area contributed by atoms with Gasteiger partial charge in [-0.15, -0.1) is 22.9 Å². The van der Waals surface area contributed by atoms with Gasteiger partial charge in [-0.25, -0.2) is 0 Å². The lowest BCUT2D eigenvalue weighted by molar-refractivity contribution is 0.0742. The Labute approximate surface area is 122 Å². The van der Waals surface area contributed by atoms with Gasteiger partial charge in [-0.3, -0.25) is 4.79 Å². The molecule has 4 heteroatoms. The summed E-state index contributed by atoms with van der Waals surface area (Å²) in [5.74, 6) is 1.16. The minimum atomic E-state index is 0.135. The van der Waals surface area contributed by atoms with Gasteiger partial charge < -0.3 is 4.90 Å². The second-order valence-electron chi connectivity index (χ2n) is 5.13. The van der Waals surface area contributed by atoms with Crippen LogP contribution in [0.25, 0.3) is 10.1 Å². The zero-order chi connectivity index (χ0) is 13.4. The SMILES string of the molecule is CC1CCN(C(=O)c2cc3ccccc3s2)C1CCl. The third-order valence-electron chi connectivity index (χ3n) is 3.94. The molecule has 0 radical (unpaired) electrons. The normalized spacial score (nSPS) is 23.2. The van der Waals surface area contributed by atoms with E-state index in [1.165, 1.54) is 4.70 Å². The molecule has 2 unspecified atom stereocenters. The van der Waals surface area contributed by atoms with E-state index in [4.69, 9.17) is 11.6 Å². The van der Waals surface area contributed by atoms with Crippen LogP contribution in [0, 0.1) is 5.92 Å². The Morgan fingerprint density at radius 3 is 3.00 bits per heavy atom. The minimum absolute atomic E-state index is 0.135. The van der Waals surface area contributed by atoms with E-state index in [-0.39, 0.29) is 11.9 Å². The van der Waals surface area contributed by atoms with Crippen LogP contribution in [0.15, 0.2) is 30.3 Å². The van der Waals surface area contributed by atoms with Gasteiger partial charge in [-0.05, 0) is 29.9 Å². The van der Waals surface area contributed by atoms with Gasteiger partial charge in [-0.1, -0.05) is 25.1 Å². The second kappa shape index (κ2) is 5.14. The number of fused-ring (bicyclic) bond motifs is 1. The first-order valence-corrected chi connectivity index (χ1v) is 7.91. The number of carbonyl (C=O) groups excluding carboxylic acids is 1. The molecule has 3 rings (SSSR count). The molecule has 1 fully saturated rings. The van der Waals surface area contributed by atoms with Crippen molar-refractivity contribution < 1.29 is 4.79 Å². The van der Waals surface area contributed by atoms with Gasteiger partial charge in [0, 0.05) is 23.2 Å². The van der Waals surface area contributed by atoms with E-state index in [1.54, 1.807) is 11.3 Å². The van der Waals surface area contributed by atoms with Crippen molar-refractivity contribution in [2.75, 3.05) is 12.4 Å². The predicted molar refractivity (Wildman–Crippen MR) is 81.2 cm³/mol. The number of carbonyl (C=O) groups is 1. The van der Waals surface area contributed by atoms with Gasteiger partial charge in [-0.2, -0.15) is 0 Å². The third kappa shape index (κ3) is 2.26. The summed E-state index contributed by atoms with van der Waals surface area (Å²) < 4.78 is 1.17. The number of thiophene rings is 1. The first-order valence-electron chi connectivity index (χ1n) is 6.56. The Balaban J connectivity index is 1.91. The van der Waals surface area contributed by atoms with Crippen LogP contribution in [0.2, 0.25) is 0 Å². The van der Waals surface area contributed by atoms with E-state index in [9.17, 15) is 4.79 Å². The molecule has 1 aliphatic rings. The molecule has 2 nitrogen and oxygen atoms in total. The monoisotopic (exact) mass is 293 g/mol. The molecular formula is C15H16ClNOS. The van der Waals surface area contributed by atoms with E-state index < -0.39 is 0 Å². The Morgan fingerprint density at radius 1 is 1.47 bits per heavy atom. The van der Waals surface area contributed by atoms with Crippen molar-refractivity contribution in [2.45, 2.75) is 19.4 Å². The highest BCUT2D eigenvalue weighted by molar-refractivity contribution is 7.20. The van der Waals surface area contributed by atoms with E-state index in [0.29, 0.717) is 11.8 Å². The summed E-state index contributed by atoms with van der Waals surface area (Å²) in [5, 5.41) is 1.14. The Kier molecular flexibility index (Phi) is 3.50. The lowest BCUT2D eigenvalue weighted by atomic mass is 10.1. The molecule has 1 amide bonds. The largest absolute Gasteiger partial charge is 0.333 e. The molecule has 100 valence electrons. The van der Waals surface area contributed by atoms with Gasteiger partial charge >= 0.3 is 0 Å². The molecule has 1 aromatic heterocycles. The van der Waals surface area contributed by atoms with Gasteiger partial charge in [0.25, 0.3) is 5.91 Å². The smallest absolute Gasteiger partial charge is 0.264 e. The fraction of sp³-hybridized carbons (Fsp3) is 0.400. The van der Waals surface area contributed by atoms with Crippen molar-refractivity contribution in [1.29, 1.82) is 0 Å². The lowest BCUT2D eigenvalue weighted by Gasteiger charge is -2.24. The number of rotatable bonds is 2. The maximum Gasteiger partial charge on any atom is 0.264 e. The number of halogens is 1. The summed E-state index contributed by atoms with van der Waals surface area (Å²) in [6.45, 7) is 3.00. The summed E-state index contributed by atoms with van der Waals surface area (Å²) in [6.07, 6.45) is 1.05. The zero-order valence-corrected chi connectivity index (χ0v) is 12.4. The van der Waals surface area contributed by atoms with Crippen LogP contribution >= 0.6 is 22.9 Å². The quantitative estimate of drug-likeness (QED) is 0.767. The van der Waals surface area contributed by atoms with Crippen molar-refractivity contribution >= 4 is 38.9 Å². The summed E-state index contributed by atoms with van der Waals surface area (Å²) in [4.78, 5) is 15.4. The topological polar surface area (TPSA) is 20.3 Å². The van der Waals surface area contributed by atoms with E-state index in [2.05, 4.69) is 13.0 Å². The number of likely N-dealkylation sites (tertiary alicyclic amines) is 1. The number of benzene rings is 1. The molecule has 0 saturated carbocycles. The minimum Gasteiger partial charge on any atom is -0.333 e. The molecule has 2 aromatic rings. The van der Waals surface area contributed by atoms with Gasteiger partial charge in [0.1, 0.15) is 0 Å². The fourth-order valence-corrected chi connectivity index (χ4v) is 4.21. The molecule has 0 aliphatic carbocycles. The standard InChI is InChI=1S/C15H16ClNOS/c1-10-6-7-17(12(10)9-16)15(18)14-8-11-4-2-3-5-13(11)19-14/h2-5,8,10,12H,6-7,9H2,1H3. The Morgan fingerprint density at radius 2 is 2.26 bits per heavy atom. The highest BCUT2D eigenvalue weighted by atomic mass is 35.5. The second-order valence-corrected chi connectivity index (χ2v) is 6.53. The molecule has 1 aliphatic heterocycles. The molecule has 2 atom stereocenters. The van der Waals surface area contributed by atoms with Crippen LogP contribution in [-0.4, -0.2) is 29.3 Å². The van der Waals surface area contributed by atoms with Crippen LogP contribution in [-0.2, 0) is 0 Å². The average Bonchev–Trinajstić information content (AvgIpc) is 3.00. The number of hydrogen-bond acceptors (Lipinski definition) is 2. The van der Waals surface area contributed by atoms with E-state index >= 15 is 0 Å². The van der Waals surface area contributed by atoms with Crippen LogP contribution in [0.1, 0.15) is 23.0 Å². The first-order chi connectivity index (χ1) is 9.20. The van der Waals surface area contributed by atoms with Crippen molar-refractivity contribution in [1.82, 2.24) is 4.90 Å². The molecular weight excluding hydrogens is 278 g/mol. The molecule has 2 heterocycles. The molecule has 19 heavy (non-hydrogen) atoms. The fourth-order valence-electron chi connectivity index (χ4n) is 2.72. The van der Waals surface area contributed by atoms with Crippen molar-refractivity contribution in [3.05, 3.63) is 35.2 Å². The summed E-state index contributed by atoms with van der Waals surface area (Å²) in [6, 6.07) is 10.3. The predicted octanol–water partition coefficient (Wildman–Crippen LogP) is 3.99. The lowest BCUT2D eigenvalue weighted by Crippen LogP contribution is -2.38. The number of nitrogens with zero attached hydrogens (tertiary/aromatic N) is 1. The number of alkyl halides is 1. The molecule has 0 spiro atoms.